The summed E-state index contributed by atoms with van der Waals surface area (Å²) in [5.74, 6) is 0.0872. The van der Waals surface area contributed by atoms with E-state index in [1.807, 2.05) is 4.90 Å². The topological polar surface area (TPSA) is 52.2 Å². The zero-order chi connectivity index (χ0) is 11.7. The van der Waals surface area contributed by atoms with Crippen LogP contribution in [0.15, 0.2) is 12.3 Å². The van der Waals surface area contributed by atoms with Gasteiger partial charge in [-0.25, -0.2) is 0 Å². The van der Waals surface area contributed by atoms with Gasteiger partial charge in [0, 0.05) is 25.3 Å². The lowest BCUT2D eigenvalue weighted by molar-refractivity contribution is 0.0774. The second-order valence-corrected chi connectivity index (χ2v) is 4.91. The Hall–Kier alpha value is -1.36. The highest BCUT2D eigenvalue weighted by molar-refractivity contribution is 5.92. The van der Waals surface area contributed by atoms with Crippen molar-refractivity contribution >= 4 is 5.91 Å². The third-order valence-corrected chi connectivity index (χ3v) is 3.84. The fourth-order valence-electron chi connectivity index (χ4n) is 2.88. The zero-order valence-corrected chi connectivity index (χ0v) is 9.93. The van der Waals surface area contributed by atoms with Crippen molar-refractivity contribution in [2.45, 2.75) is 25.3 Å². The maximum Gasteiger partial charge on any atom is 0.271 e. The average molecular weight is 234 g/mol. The van der Waals surface area contributed by atoms with Crippen LogP contribution in [0, 0.1) is 0 Å². The number of hydrogen-bond acceptors (Lipinski definition) is 3. The van der Waals surface area contributed by atoms with Crippen molar-refractivity contribution in [1.82, 2.24) is 20.0 Å². The first kappa shape index (κ1) is 10.8. The Labute approximate surface area is 101 Å². The van der Waals surface area contributed by atoms with Crippen molar-refractivity contribution in [1.29, 1.82) is 0 Å². The molecule has 92 valence electrons. The molecule has 0 aromatic carbocycles. The van der Waals surface area contributed by atoms with Crippen LogP contribution in [0.25, 0.3) is 0 Å². The lowest BCUT2D eigenvalue weighted by Gasteiger charge is -2.23. The number of aromatic amines is 1. The molecule has 1 atom stereocenters. The van der Waals surface area contributed by atoms with E-state index in [2.05, 4.69) is 15.1 Å². The van der Waals surface area contributed by atoms with E-state index in [1.54, 1.807) is 12.3 Å². The molecular weight excluding hydrogens is 216 g/mol. The van der Waals surface area contributed by atoms with Crippen LogP contribution in [0.1, 0.15) is 29.8 Å². The number of amides is 1. The molecule has 1 N–H and O–H groups in total. The van der Waals surface area contributed by atoms with Crippen LogP contribution in [0.3, 0.4) is 0 Å². The fraction of sp³-hybridized carbons (Fsp3) is 0.667. The van der Waals surface area contributed by atoms with Gasteiger partial charge in [-0.1, -0.05) is 0 Å². The maximum atomic E-state index is 12.1. The van der Waals surface area contributed by atoms with Crippen LogP contribution in [-0.2, 0) is 0 Å². The highest BCUT2D eigenvalue weighted by atomic mass is 16.2. The Morgan fingerprint density at radius 2 is 2.18 bits per heavy atom. The van der Waals surface area contributed by atoms with E-state index in [4.69, 9.17) is 0 Å². The SMILES string of the molecule is O=C(c1ccn[nH]1)N1CCC(N2CCCC2)C1. The van der Waals surface area contributed by atoms with Gasteiger partial charge in [0.2, 0.25) is 0 Å². The fourth-order valence-corrected chi connectivity index (χ4v) is 2.88. The summed E-state index contributed by atoms with van der Waals surface area (Å²) >= 11 is 0. The molecule has 2 saturated heterocycles. The smallest absolute Gasteiger partial charge is 0.271 e. The molecule has 0 bridgehead atoms. The molecule has 5 nitrogen and oxygen atoms in total. The number of aromatic nitrogens is 2. The molecule has 3 heterocycles. The quantitative estimate of drug-likeness (QED) is 0.820. The predicted molar refractivity (Wildman–Crippen MR) is 63.7 cm³/mol. The second-order valence-electron chi connectivity index (χ2n) is 4.91. The van der Waals surface area contributed by atoms with Gasteiger partial charge in [-0.3, -0.25) is 14.8 Å². The molecule has 2 aliphatic heterocycles. The number of H-pyrrole nitrogens is 1. The van der Waals surface area contributed by atoms with Crippen molar-refractivity contribution < 1.29 is 4.79 Å². The van der Waals surface area contributed by atoms with E-state index in [9.17, 15) is 4.79 Å². The summed E-state index contributed by atoms with van der Waals surface area (Å²) in [6, 6.07) is 2.32. The lowest BCUT2D eigenvalue weighted by atomic mass is 10.2. The van der Waals surface area contributed by atoms with Crippen molar-refractivity contribution in [3.63, 3.8) is 0 Å². The van der Waals surface area contributed by atoms with Gasteiger partial charge in [-0.2, -0.15) is 5.10 Å². The number of hydrogen-bond donors (Lipinski definition) is 1. The van der Waals surface area contributed by atoms with E-state index in [-0.39, 0.29) is 5.91 Å². The molecule has 1 amide bonds. The number of carbonyl (C=O) groups is 1. The Balaban J connectivity index is 1.62. The third-order valence-electron chi connectivity index (χ3n) is 3.84. The molecule has 1 aromatic rings. The van der Waals surface area contributed by atoms with Gasteiger partial charge in [0.15, 0.2) is 0 Å². The monoisotopic (exact) mass is 234 g/mol. The normalized spacial score (nSPS) is 25.6. The number of nitrogens with zero attached hydrogens (tertiary/aromatic N) is 3. The van der Waals surface area contributed by atoms with Crippen LogP contribution < -0.4 is 0 Å². The Kier molecular flexibility index (Phi) is 2.84. The van der Waals surface area contributed by atoms with Gasteiger partial charge in [-0.15, -0.1) is 0 Å². The molecule has 2 fully saturated rings. The summed E-state index contributed by atoms with van der Waals surface area (Å²) in [5.41, 5.74) is 0.604. The first-order valence-corrected chi connectivity index (χ1v) is 6.37. The van der Waals surface area contributed by atoms with Crippen molar-refractivity contribution in [2.24, 2.45) is 0 Å². The minimum atomic E-state index is 0.0872. The number of likely N-dealkylation sites (tertiary alicyclic amines) is 2. The van der Waals surface area contributed by atoms with Gasteiger partial charge in [-0.05, 0) is 38.4 Å². The average Bonchev–Trinajstić information content (AvgIpc) is 3.09. The first-order valence-electron chi connectivity index (χ1n) is 6.37. The number of nitrogens with one attached hydrogen (secondary N) is 1. The zero-order valence-electron chi connectivity index (χ0n) is 9.93. The van der Waals surface area contributed by atoms with E-state index < -0.39 is 0 Å². The summed E-state index contributed by atoms with van der Waals surface area (Å²) in [4.78, 5) is 16.6. The summed E-state index contributed by atoms with van der Waals surface area (Å²) < 4.78 is 0. The van der Waals surface area contributed by atoms with E-state index in [0.29, 0.717) is 11.7 Å². The molecule has 5 heteroatoms. The Morgan fingerprint density at radius 3 is 2.88 bits per heavy atom. The standard InChI is InChI=1S/C12H18N4O/c17-12(11-3-5-13-14-11)16-8-4-10(9-16)15-6-1-2-7-15/h3,5,10H,1-2,4,6-9H2,(H,13,14). The summed E-state index contributed by atoms with van der Waals surface area (Å²) in [6.45, 7) is 4.16. The van der Waals surface area contributed by atoms with Gasteiger partial charge >= 0.3 is 0 Å². The van der Waals surface area contributed by atoms with Crippen LogP contribution in [0.4, 0.5) is 0 Å². The largest absolute Gasteiger partial charge is 0.336 e. The van der Waals surface area contributed by atoms with Crippen molar-refractivity contribution in [3.8, 4) is 0 Å². The Bertz CT molecular complexity index is 383. The molecule has 0 aliphatic carbocycles. The second kappa shape index (κ2) is 4.49. The molecular formula is C12H18N4O. The summed E-state index contributed by atoms with van der Waals surface area (Å²) in [7, 11) is 0. The van der Waals surface area contributed by atoms with Crippen LogP contribution in [0.2, 0.25) is 0 Å². The lowest BCUT2D eigenvalue weighted by Crippen LogP contribution is -2.37. The number of rotatable bonds is 2. The molecule has 17 heavy (non-hydrogen) atoms. The first-order chi connectivity index (χ1) is 8.34. The maximum absolute atomic E-state index is 12.1. The highest BCUT2D eigenvalue weighted by Gasteiger charge is 2.32. The van der Waals surface area contributed by atoms with Gasteiger partial charge < -0.3 is 4.90 Å². The third kappa shape index (κ3) is 2.07. The van der Waals surface area contributed by atoms with Gasteiger partial charge in [0.1, 0.15) is 5.69 Å². The molecule has 1 aromatic heterocycles. The molecule has 2 aliphatic rings. The molecule has 0 spiro atoms. The van der Waals surface area contributed by atoms with Crippen molar-refractivity contribution in [3.05, 3.63) is 18.0 Å². The predicted octanol–water partition coefficient (Wildman–Crippen LogP) is 0.720. The van der Waals surface area contributed by atoms with E-state index >= 15 is 0 Å². The molecule has 1 unspecified atom stereocenters. The summed E-state index contributed by atoms with van der Waals surface area (Å²) in [5, 5.41) is 6.57. The Morgan fingerprint density at radius 1 is 1.35 bits per heavy atom. The molecule has 0 saturated carbocycles. The minimum Gasteiger partial charge on any atom is -0.336 e. The highest BCUT2D eigenvalue weighted by Crippen LogP contribution is 2.21. The van der Waals surface area contributed by atoms with Gasteiger partial charge in [0.05, 0.1) is 0 Å². The van der Waals surface area contributed by atoms with Crippen LogP contribution in [-0.4, -0.2) is 58.1 Å². The number of carbonyl (C=O) groups excluding carboxylic acids is 1. The summed E-state index contributed by atoms with van der Waals surface area (Å²) in [6.07, 6.45) is 5.36. The molecule has 0 radical (unpaired) electrons. The minimum absolute atomic E-state index is 0.0872. The van der Waals surface area contributed by atoms with Crippen molar-refractivity contribution in [2.75, 3.05) is 26.2 Å². The van der Waals surface area contributed by atoms with Crippen LogP contribution in [0.5, 0.6) is 0 Å². The molecule has 3 rings (SSSR count). The van der Waals surface area contributed by atoms with Crippen LogP contribution >= 0.6 is 0 Å². The van der Waals surface area contributed by atoms with E-state index in [0.717, 1.165) is 19.5 Å². The van der Waals surface area contributed by atoms with E-state index in [1.165, 1.54) is 25.9 Å². The van der Waals surface area contributed by atoms with Gasteiger partial charge in [0.25, 0.3) is 5.91 Å².